The standard InChI is InChI=1S/C14H21N3S2/c1-9(2)5-11-12(7-16-10(3)4)19-14(17-11)13-6-15-8-18-13/h6,8-10,16H,5,7H2,1-4H3. The molecule has 2 aromatic heterocycles. The van der Waals surface area contributed by atoms with Crippen LogP contribution < -0.4 is 5.32 Å². The van der Waals surface area contributed by atoms with Gasteiger partial charge in [-0.3, -0.25) is 4.98 Å². The van der Waals surface area contributed by atoms with Gasteiger partial charge in [0, 0.05) is 23.7 Å². The maximum atomic E-state index is 4.82. The van der Waals surface area contributed by atoms with Crippen molar-refractivity contribution in [1.29, 1.82) is 0 Å². The van der Waals surface area contributed by atoms with Gasteiger partial charge in [-0.2, -0.15) is 0 Å². The van der Waals surface area contributed by atoms with Crippen molar-refractivity contribution in [3.8, 4) is 9.88 Å². The molecule has 19 heavy (non-hydrogen) atoms. The Balaban J connectivity index is 2.23. The molecule has 1 N–H and O–H groups in total. The molecule has 0 fully saturated rings. The summed E-state index contributed by atoms with van der Waals surface area (Å²) in [4.78, 5) is 11.5. The van der Waals surface area contributed by atoms with Crippen molar-refractivity contribution in [2.75, 3.05) is 0 Å². The Bertz CT molecular complexity index is 501. The molecule has 0 saturated carbocycles. The van der Waals surface area contributed by atoms with Crippen LogP contribution in [0.4, 0.5) is 0 Å². The fraction of sp³-hybridized carbons (Fsp3) is 0.571. The minimum absolute atomic E-state index is 0.501. The number of hydrogen-bond donors (Lipinski definition) is 1. The second kappa shape index (κ2) is 6.59. The van der Waals surface area contributed by atoms with E-state index in [1.807, 2.05) is 11.7 Å². The van der Waals surface area contributed by atoms with Crippen molar-refractivity contribution in [2.45, 2.75) is 46.7 Å². The van der Waals surface area contributed by atoms with Crippen LogP contribution in [0.3, 0.4) is 0 Å². The van der Waals surface area contributed by atoms with Gasteiger partial charge in [0.05, 0.1) is 16.1 Å². The van der Waals surface area contributed by atoms with Gasteiger partial charge in [0.25, 0.3) is 0 Å². The minimum Gasteiger partial charge on any atom is -0.310 e. The van der Waals surface area contributed by atoms with Gasteiger partial charge in [0.2, 0.25) is 0 Å². The van der Waals surface area contributed by atoms with Crippen molar-refractivity contribution in [2.24, 2.45) is 5.92 Å². The third-order valence-electron chi connectivity index (χ3n) is 2.69. The van der Waals surface area contributed by atoms with Crippen LogP contribution in [0, 0.1) is 5.92 Å². The third kappa shape index (κ3) is 4.09. The van der Waals surface area contributed by atoms with Gasteiger partial charge < -0.3 is 5.32 Å². The van der Waals surface area contributed by atoms with Crippen LogP contribution in [0.15, 0.2) is 11.7 Å². The van der Waals surface area contributed by atoms with Crippen LogP contribution in [0.25, 0.3) is 9.88 Å². The monoisotopic (exact) mass is 295 g/mol. The summed E-state index contributed by atoms with van der Waals surface area (Å²) >= 11 is 3.46. The van der Waals surface area contributed by atoms with Crippen molar-refractivity contribution in [1.82, 2.24) is 15.3 Å². The number of hydrogen-bond acceptors (Lipinski definition) is 5. The first-order valence-electron chi connectivity index (χ1n) is 6.67. The summed E-state index contributed by atoms with van der Waals surface area (Å²) < 4.78 is 0. The molecule has 0 unspecified atom stereocenters. The Kier molecular flexibility index (Phi) is 5.07. The molecule has 2 heterocycles. The molecular weight excluding hydrogens is 274 g/mol. The topological polar surface area (TPSA) is 37.8 Å². The zero-order valence-corrected chi connectivity index (χ0v) is 13.6. The smallest absolute Gasteiger partial charge is 0.135 e. The van der Waals surface area contributed by atoms with E-state index in [0.717, 1.165) is 18.0 Å². The van der Waals surface area contributed by atoms with Crippen molar-refractivity contribution < 1.29 is 0 Å². The van der Waals surface area contributed by atoms with E-state index in [9.17, 15) is 0 Å². The summed E-state index contributed by atoms with van der Waals surface area (Å²) in [6.07, 6.45) is 2.95. The van der Waals surface area contributed by atoms with E-state index in [-0.39, 0.29) is 0 Å². The van der Waals surface area contributed by atoms with Gasteiger partial charge in [-0.15, -0.1) is 22.7 Å². The first-order valence-corrected chi connectivity index (χ1v) is 8.36. The second-order valence-corrected chi connectivity index (χ2v) is 7.36. The maximum absolute atomic E-state index is 4.82. The van der Waals surface area contributed by atoms with E-state index in [0.29, 0.717) is 12.0 Å². The fourth-order valence-electron chi connectivity index (χ4n) is 1.79. The van der Waals surface area contributed by atoms with Gasteiger partial charge >= 0.3 is 0 Å². The highest BCUT2D eigenvalue weighted by Gasteiger charge is 2.14. The van der Waals surface area contributed by atoms with E-state index in [4.69, 9.17) is 4.98 Å². The quantitative estimate of drug-likeness (QED) is 0.876. The number of rotatable bonds is 6. The van der Waals surface area contributed by atoms with E-state index < -0.39 is 0 Å². The van der Waals surface area contributed by atoms with Crippen LogP contribution >= 0.6 is 22.7 Å². The molecule has 0 aromatic carbocycles. The number of nitrogens with zero attached hydrogens (tertiary/aromatic N) is 2. The fourth-order valence-corrected chi connectivity index (χ4v) is 3.51. The number of aromatic nitrogens is 2. The normalized spacial score (nSPS) is 11.7. The molecule has 0 atom stereocenters. The highest BCUT2D eigenvalue weighted by molar-refractivity contribution is 7.20. The van der Waals surface area contributed by atoms with E-state index in [2.05, 4.69) is 38.0 Å². The van der Waals surface area contributed by atoms with E-state index >= 15 is 0 Å². The van der Waals surface area contributed by atoms with Crippen molar-refractivity contribution in [3.05, 3.63) is 22.3 Å². The zero-order valence-electron chi connectivity index (χ0n) is 11.9. The predicted octanol–water partition coefficient (Wildman–Crippen LogP) is 3.96. The molecule has 0 saturated heterocycles. The molecule has 0 aliphatic carbocycles. The summed E-state index contributed by atoms with van der Waals surface area (Å²) in [5.74, 6) is 0.634. The zero-order chi connectivity index (χ0) is 13.8. The Morgan fingerprint density at radius 2 is 2.05 bits per heavy atom. The Morgan fingerprint density at radius 1 is 1.26 bits per heavy atom. The lowest BCUT2D eigenvalue weighted by Crippen LogP contribution is -2.22. The third-order valence-corrected chi connectivity index (χ3v) is 4.73. The largest absolute Gasteiger partial charge is 0.310 e. The summed E-state index contributed by atoms with van der Waals surface area (Å²) in [7, 11) is 0. The molecule has 5 heteroatoms. The minimum atomic E-state index is 0.501. The van der Waals surface area contributed by atoms with Gasteiger partial charge in [0.1, 0.15) is 5.01 Å². The summed E-state index contributed by atoms with van der Waals surface area (Å²) in [5.41, 5.74) is 3.11. The molecule has 0 aliphatic rings. The first kappa shape index (κ1) is 14.6. The molecule has 3 nitrogen and oxygen atoms in total. The van der Waals surface area contributed by atoms with Gasteiger partial charge in [-0.1, -0.05) is 27.7 Å². The van der Waals surface area contributed by atoms with Crippen molar-refractivity contribution in [3.63, 3.8) is 0 Å². The summed E-state index contributed by atoms with van der Waals surface area (Å²) in [6.45, 7) is 9.74. The van der Waals surface area contributed by atoms with Crippen LogP contribution in [0.1, 0.15) is 38.3 Å². The van der Waals surface area contributed by atoms with Crippen molar-refractivity contribution >= 4 is 22.7 Å². The highest BCUT2D eigenvalue weighted by atomic mass is 32.1. The van der Waals surface area contributed by atoms with Crippen LogP contribution in [-0.2, 0) is 13.0 Å². The molecule has 2 rings (SSSR count). The molecule has 0 radical (unpaired) electrons. The maximum Gasteiger partial charge on any atom is 0.135 e. The summed E-state index contributed by atoms with van der Waals surface area (Å²) in [6, 6.07) is 0.501. The average molecular weight is 295 g/mol. The molecule has 0 aliphatic heterocycles. The Morgan fingerprint density at radius 3 is 2.63 bits per heavy atom. The highest BCUT2D eigenvalue weighted by Crippen LogP contribution is 2.31. The molecule has 0 bridgehead atoms. The van der Waals surface area contributed by atoms with Crippen LogP contribution in [0.5, 0.6) is 0 Å². The van der Waals surface area contributed by atoms with Gasteiger partial charge in [0.15, 0.2) is 0 Å². The molecule has 0 spiro atoms. The van der Waals surface area contributed by atoms with E-state index in [1.54, 1.807) is 22.7 Å². The van der Waals surface area contributed by atoms with Gasteiger partial charge in [-0.05, 0) is 12.3 Å². The number of thiazole rings is 2. The van der Waals surface area contributed by atoms with Crippen LogP contribution in [-0.4, -0.2) is 16.0 Å². The lowest BCUT2D eigenvalue weighted by atomic mass is 10.1. The first-order chi connectivity index (χ1) is 9.06. The lowest BCUT2D eigenvalue weighted by Gasteiger charge is -2.08. The SMILES string of the molecule is CC(C)Cc1nc(-c2cncs2)sc1CNC(C)C. The Hall–Kier alpha value is -0.780. The molecular formula is C14H21N3S2. The average Bonchev–Trinajstić information content (AvgIpc) is 2.94. The summed E-state index contributed by atoms with van der Waals surface area (Å²) in [5, 5.41) is 4.60. The second-order valence-electron chi connectivity index (χ2n) is 5.39. The van der Waals surface area contributed by atoms with Crippen LogP contribution in [0.2, 0.25) is 0 Å². The van der Waals surface area contributed by atoms with Gasteiger partial charge in [-0.25, -0.2) is 4.98 Å². The molecule has 104 valence electrons. The van der Waals surface area contributed by atoms with E-state index in [1.165, 1.54) is 15.4 Å². The lowest BCUT2D eigenvalue weighted by molar-refractivity contribution is 0.581. The number of nitrogens with one attached hydrogen (secondary N) is 1. The molecule has 0 amide bonds. The predicted molar refractivity (Wildman–Crippen MR) is 83.7 cm³/mol. The Labute approximate surface area is 123 Å². The molecule has 2 aromatic rings.